The standard InChI is InChI=1S/C16H14FNO4/c17-11-3-1-10(2-4-11)16(7-8-16)9-18-14(19)12-5-6-13(22-12)15(20)21/h1-6H,7-9H2,(H,18,19)(H,20,21). The van der Waals surface area contributed by atoms with Gasteiger partial charge in [0.15, 0.2) is 5.76 Å². The molecule has 2 N–H and O–H groups in total. The maximum atomic E-state index is 13.0. The molecule has 1 aliphatic carbocycles. The first-order valence-corrected chi connectivity index (χ1v) is 6.88. The number of carbonyl (C=O) groups excluding carboxylic acids is 1. The van der Waals surface area contributed by atoms with E-state index in [-0.39, 0.29) is 22.8 Å². The smallest absolute Gasteiger partial charge is 0.371 e. The maximum absolute atomic E-state index is 13.0. The first-order valence-electron chi connectivity index (χ1n) is 6.88. The zero-order valence-electron chi connectivity index (χ0n) is 11.6. The van der Waals surface area contributed by atoms with Crippen LogP contribution in [0, 0.1) is 5.82 Å². The van der Waals surface area contributed by atoms with Crippen LogP contribution in [0.4, 0.5) is 4.39 Å². The van der Waals surface area contributed by atoms with Crippen LogP contribution < -0.4 is 5.32 Å². The van der Waals surface area contributed by atoms with Crippen molar-refractivity contribution >= 4 is 11.9 Å². The van der Waals surface area contributed by atoms with Crippen molar-refractivity contribution in [1.82, 2.24) is 5.32 Å². The minimum absolute atomic E-state index is 0.0349. The van der Waals surface area contributed by atoms with Crippen LogP contribution in [0.25, 0.3) is 0 Å². The van der Waals surface area contributed by atoms with E-state index in [1.807, 2.05) is 0 Å². The lowest BCUT2D eigenvalue weighted by Gasteiger charge is -2.16. The molecule has 1 heterocycles. The predicted octanol–water partition coefficient (Wildman–Crippen LogP) is 2.58. The molecule has 22 heavy (non-hydrogen) atoms. The van der Waals surface area contributed by atoms with Gasteiger partial charge in [-0.3, -0.25) is 4.79 Å². The fraction of sp³-hybridized carbons (Fsp3) is 0.250. The van der Waals surface area contributed by atoms with E-state index in [0.717, 1.165) is 18.4 Å². The topological polar surface area (TPSA) is 79.5 Å². The second kappa shape index (κ2) is 5.29. The van der Waals surface area contributed by atoms with E-state index in [9.17, 15) is 14.0 Å². The lowest BCUT2D eigenvalue weighted by Crippen LogP contribution is -2.32. The molecule has 0 saturated heterocycles. The highest BCUT2D eigenvalue weighted by Crippen LogP contribution is 2.47. The van der Waals surface area contributed by atoms with Crippen LogP contribution >= 0.6 is 0 Å². The molecule has 1 aromatic heterocycles. The zero-order valence-corrected chi connectivity index (χ0v) is 11.6. The normalized spacial score (nSPS) is 15.3. The molecule has 0 unspecified atom stereocenters. The summed E-state index contributed by atoms with van der Waals surface area (Å²) in [6.45, 7) is 0.403. The summed E-state index contributed by atoms with van der Waals surface area (Å²) in [5.41, 5.74) is 0.825. The average Bonchev–Trinajstić information content (AvgIpc) is 3.11. The number of carboxylic acids is 1. The number of carbonyl (C=O) groups is 2. The molecule has 1 fully saturated rings. The van der Waals surface area contributed by atoms with Gasteiger partial charge in [0.1, 0.15) is 5.82 Å². The molecule has 114 valence electrons. The van der Waals surface area contributed by atoms with Gasteiger partial charge in [0.2, 0.25) is 5.76 Å². The van der Waals surface area contributed by atoms with Gasteiger partial charge in [-0.2, -0.15) is 0 Å². The molecule has 1 aliphatic rings. The van der Waals surface area contributed by atoms with E-state index in [2.05, 4.69) is 5.32 Å². The van der Waals surface area contributed by atoms with Crippen molar-refractivity contribution < 1.29 is 23.5 Å². The molecule has 1 aromatic carbocycles. The summed E-state index contributed by atoms with van der Waals surface area (Å²) >= 11 is 0. The third-order valence-corrected chi connectivity index (χ3v) is 3.94. The lowest BCUT2D eigenvalue weighted by atomic mass is 9.96. The Morgan fingerprint density at radius 1 is 1.14 bits per heavy atom. The number of nitrogens with one attached hydrogen (secondary N) is 1. The number of furan rings is 1. The summed E-state index contributed by atoms with van der Waals surface area (Å²) < 4.78 is 17.9. The summed E-state index contributed by atoms with van der Waals surface area (Å²) in [4.78, 5) is 22.7. The molecule has 0 spiro atoms. The minimum atomic E-state index is -1.22. The number of carboxylic acid groups (broad SMARTS) is 1. The maximum Gasteiger partial charge on any atom is 0.371 e. The first-order chi connectivity index (χ1) is 10.5. The molecule has 0 atom stereocenters. The Morgan fingerprint density at radius 2 is 1.77 bits per heavy atom. The number of hydrogen-bond acceptors (Lipinski definition) is 3. The molecular weight excluding hydrogens is 289 g/mol. The van der Waals surface area contributed by atoms with Gasteiger partial charge in [-0.1, -0.05) is 12.1 Å². The van der Waals surface area contributed by atoms with Gasteiger partial charge in [-0.15, -0.1) is 0 Å². The Kier molecular flexibility index (Phi) is 3.44. The van der Waals surface area contributed by atoms with E-state index >= 15 is 0 Å². The van der Waals surface area contributed by atoms with Crippen LogP contribution in [0.2, 0.25) is 0 Å². The van der Waals surface area contributed by atoms with Gasteiger partial charge in [0.25, 0.3) is 5.91 Å². The number of halogens is 1. The van der Waals surface area contributed by atoms with Crippen molar-refractivity contribution in [3.63, 3.8) is 0 Å². The third kappa shape index (κ3) is 2.72. The van der Waals surface area contributed by atoms with Gasteiger partial charge >= 0.3 is 5.97 Å². The Labute approximate surface area is 125 Å². The van der Waals surface area contributed by atoms with Crippen LogP contribution in [-0.2, 0) is 5.41 Å². The van der Waals surface area contributed by atoms with Crippen LogP contribution in [0.5, 0.6) is 0 Å². The lowest BCUT2D eigenvalue weighted by molar-refractivity contribution is 0.0659. The van der Waals surface area contributed by atoms with Crippen molar-refractivity contribution in [2.75, 3.05) is 6.54 Å². The predicted molar refractivity (Wildman–Crippen MR) is 75.3 cm³/mol. The SMILES string of the molecule is O=C(O)c1ccc(C(=O)NCC2(c3ccc(F)cc3)CC2)o1. The van der Waals surface area contributed by atoms with E-state index in [1.165, 1.54) is 24.3 Å². The minimum Gasteiger partial charge on any atom is -0.475 e. The largest absolute Gasteiger partial charge is 0.475 e. The van der Waals surface area contributed by atoms with Crippen molar-refractivity contribution in [3.05, 3.63) is 59.3 Å². The van der Waals surface area contributed by atoms with Crippen LogP contribution in [0.15, 0.2) is 40.8 Å². The molecule has 3 rings (SSSR count). The molecule has 0 radical (unpaired) electrons. The van der Waals surface area contributed by atoms with Crippen molar-refractivity contribution in [2.24, 2.45) is 0 Å². The first kappa shape index (κ1) is 14.3. The van der Waals surface area contributed by atoms with E-state index < -0.39 is 11.9 Å². The van der Waals surface area contributed by atoms with Crippen LogP contribution in [0.1, 0.15) is 39.5 Å². The number of benzene rings is 1. The highest BCUT2D eigenvalue weighted by atomic mass is 19.1. The molecule has 0 bridgehead atoms. The van der Waals surface area contributed by atoms with Crippen LogP contribution in [-0.4, -0.2) is 23.5 Å². The summed E-state index contributed by atoms with van der Waals surface area (Å²) in [6, 6.07) is 8.83. The number of rotatable bonds is 5. The molecule has 2 aromatic rings. The second-order valence-corrected chi connectivity index (χ2v) is 5.44. The summed E-state index contributed by atoms with van der Waals surface area (Å²) in [7, 11) is 0. The molecule has 1 saturated carbocycles. The molecule has 0 aliphatic heterocycles. The van der Waals surface area contributed by atoms with Crippen molar-refractivity contribution in [2.45, 2.75) is 18.3 Å². The Bertz CT molecular complexity index is 716. The third-order valence-electron chi connectivity index (χ3n) is 3.94. The zero-order chi connectivity index (χ0) is 15.7. The summed E-state index contributed by atoms with van der Waals surface area (Å²) in [5.74, 6) is -2.28. The Morgan fingerprint density at radius 3 is 2.32 bits per heavy atom. The molecule has 6 heteroatoms. The highest BCUT2D eigenvalue weighted by molar-refractivity contribution is 5.93. The highest BCUT2D eigenvalue weighted by Gasteiger charge is 2.44. The van der Waals surface area contributed by atoms with Crippen LogP contribution in [0.3, 0.4) is 0 Å². The number of hydrogen-bond donors (Lipinski definition) is 2. The van der Waals surface area contributed by atoms with E-state index in [0.29, 0.717) is 6.54 Å². The average molecular weight is 303 g/mol. The van der Waals surface area contributed by atoms with Crippen molar-refractivity contribution in [3.8, 4) is 0 Å². The fourth-order valence-corrected chi connectivity index (χ4v) is 2.43. The molecule has 5 nitrogen and oxygen atoms in total. The van der Waals surface area contributed by atoms with Gasteiger partial charge in [-0.25, -0.2) is 9.18 Å². The summed E-state index contributed by atoms with van der Waals surface area (Å²) in [5, 5.41) is 11.5. The monoisotopic (exact) mass is 303 g/mol. The van der Waals surface area contributed by atoms with Gasteiger partial charge in [0, 0.05) is 12.0 Å². The van der Waals surface area contributed by atoms with Gasteiger partial charge in [0.05, 0.1) is 0 Å². The fourth-order valence-electron chi connectivity index (χ4n) is 2.43. The van der Waals surface area contributed by atoms with Gasteiger partial charge < -0.3 is 14.8 Å². The van der Waals surface area contributed by atoms with Gasteiger partial charge in [-0.05, 0) is 42.7 Å². The molecular formula is C16H14FNO4. The summed E-state index contributed by atoms with van der Waals surface area (Å²) in [6.07, 6.45) is 1.83. The second-order valence-electron chi connectivity index (χ2n) is 5.44. The van der Waals surface area contributed by atoms with E-state index in [4.69, 9.17) is 9.52 Å². The number of amides is 1. The molecule has 1 amide bonds. The van der Waals surface area contributed by atoms with Crippen molar-refractivity contribution in [1.29, 1.82) is 0 Å². The Balaban J connectivity index is 1.65. The Hall–Kier alpha value is -2.63. The number of aromatic carboxylic acids is 1. The quantitative estimate of drug-likeness (QED) is 0.889. The van der Waals surface area contributed by atoms with E-state index in [1.54, 1.807) is 12.1 Å².